The Labute approximate surface area is 100 Å². The first-order chi connectivity index (χ1) is 8.19. The van der Waals surface area contributed by atoms with Crippen LogP contribution < -0.4 is 9.47 Å². The Balaban J connectivity index is 2.30. The molecule has 2 unspecified atom stereocenters. The number of carboxylic acid groups (broad SMARTS) is 1. The monoisotopic (exact) mass is 236 g/mol. The number of hydrogen-bond donors (Lipinski definition) is 1. The highest BCUT2D eigenvalue weighted by atomic mass is 16.5. The Morgan fingerprint density at radius 2 is 2.29 bits per heavy atom. The number of ether oxygens (including phenoxy) is 2. The van der Waals surface area contributed by atoms with E-state index in [0.29, 0.717) is 24.5 Å². The van der Waals surface area contributed by atoms with Gasteiger partial charge >= 0.3 is 5.97 Å². The molecule has 2 rings (SSSR count). The van der Waals surface area contributed by atoms with Gasteiger partial charge in [-0.05, 0) is 19.4 Å². The summed E-state index contributed by atoms with van der Waals surface area (Å²) in [6.07, 6.45) is 0.683. The van der Waals surface area contributed by atoms with Gasteiger partial charge in [0.1, 0.15) is 0 Å². The predicted octanol–water partition coefficient (Wildman–Crippen LogP) is 2.28. The van der Waals surface area contributed by atoms with E-state index in [1.165, 1.54) is 0 Å². The molecule has 0 saturated heterocycles. The maximum Gasteiger partial charge on any atom is 0.307 e. The maximum absolute atomic E-state index is 10.9. The van der Waals surface area contributed by atoms with E-state index in [1.807, 2.05) is 25.1 Å². The summed E-state index contributed by atoms with van der Waals surface area (Å²) >= 11 is 0. The molecule has 92 valence electrons. The number of benzene rings is 1. The van der Waals surface area contributed by atoms with E-state index in [-0.39, 0.29) is 11.8 Å². The van der Waals surface area contributed by atoms with Gasteiger partial charge in [0.05, 0.1) is 19.6 Å². The maximum atomic E-state index is 10.9. The van der Waals surface area contributed by atoms with E-state index in [1.54, 1.807) is 7.11 Å². The Morgan fingerprint density at radius 1 is 1.53 bits per heavy atom. The van der Waals surface area contributed by atoms with Crippen molar-refractivity contribution in [1.82, 2.24) is 0 Å². The zero-order chi connectivity index (χ0) is 12.4. The van der Waals surface area contributed by atoms with Crippen LogP contribution in [0, 0.1) is 5.92 Å². The highest BCUT2D eigenvalue weighted by Gasteiger charge is 2.45. The van der Waals surface area contributed by atoms with E-state index in [9.17, 15) is 4.79 Å². The summed E-state index contributed by atoms with van der Waals surface area (Å²) in [6.45, 7) is 2.44. The standard InChI is InChI=1S/C13H16O4/c1-3-17-12-8(5-4-6-11(12)16-2)9-7-10(9)13(14)15/h4-6,9-10H,3,7H2,1-2H3,(H,14,15). The lowest BCUT2D eigenvalue weighted by Gasteiger charge is -2.13. The van der Waals surface area contributed by atoms with Gasteiger partial charge in [-0.1, -0.05) is 12.1 Å². The lowest BCUT2D eigenvalue weighted by molar-refractivity contribution is -0.138. The minimum Gasteiger partial charge on any atom is -0.493 e. The zero-order valence-electron chi connectivity index (χ0n) is 9.97. The number of hydrogen-bond acceptors (Lipinski definition) is 3. The molecule has 1 aliphatic rings. The molecular formula is C13H16O4. The minimum atomic E-state index is -0.736. The summed E-state index contributed by atoms with van der Waals surface area (Å²) in [6, 6.07) is 5.61. The van der Waals surface area contributed by atoms with Gasteiger partial charge in [-0.3, -0.25) is 4.79 Å². The summed E-state index contributed by atoms with van der Waals surface area (Å²) in [7, 11) is 1.59. The molecule has 1 N–H and O–H groups in total. The van der Waals surface area contributed by atoms with Crippen molar-refractivity contribution in [3.05, 3.63) is 23.8 Å². The first-order valence-electron chi connectivity index (χ1n) is 5.71. The molecule has 1 aromatic carbocycles. The number of para-hydroxylation sites is 1. The van der Waals surface area contributed by atoms with Crippen LogP contribution in [0.15, 0.2) is 18.2 Å². The molecule has 4 nitrogen and oxygen atoms in total. The van der Waals surface area contributed by atoms with Crippen LogP contribution in [0.3, 0.4) is 0 Å². The van der Waals surface area contributed by atoms with E-state index < -0.39 is 5.97 Å². The number of carboxylic acids is 1. The van der Waals surface area contributed by atoms with Crippen LogP contribution in [0.2, 0.25) is 0 Å². The molecule has 0 amide bonds. The quantitative estimate of drug-likeness (QED) is 0.852. The van der Waals surface area contributed by atoms with E-state index in [4.69, 9.17) is 14.6 Å². The predicted molar refractivity (Wildman–Crippen MR) is 62.6 cm³/mol. The fourth-order valence-electron chi connectivity index (χ4n) is 2.10. The molecule has 0 aromatic heterocycles. The van der Waals surface area contributed by atoms with Gasteiger partial charge in [-0.25, -0.2) is 0 Å². The topological polar surface area (TPSA) is 55.8 Å². The third-order valence-corrected chi connectivity index (χ3v) is 3.03. The van der Waals surface area contributed by atoms with Crippen molar-refractivity contribution in [2.24, 2.45) is 5.92 Å². The van der Waals surface area contributed by atoms with Gasteiger partial charge in [-0.2, -0.15) is 0 Å². The molecule has 1 aromatic rings. The molecule has 1 aliphatic carbocycles. The average Bonchev–Trinajstić information content (AvgIpc) is 3.09. The van der Waals surface area contributed by atoms with Crippen molar-refractivity contribution in [3.63, 3.8) is 0 Å². The summed E-state index contributed by atoms with van der Waals surface area (Å²) in [4.78, 5) is 10.9. The van der Waals surface area contributed by atoms with Crippen LogP contribution in [0.5, 0.6) is 11.5 Å². The lowest BCUT2D eigenvalue weighted by atomic mass is 10.1. The fraction of sp³-hybridized carbons (Fsp3) is 0.462. The number of carbonyl (C=O) groups is 1. The highest BCUT2D eigenvalue weighted by Crippen LogP contribution is 2.52. The summed E-state index contributed by atoms with van der Waals surface area (Å²) in [5.74, 6) is 0.400. The van der Waals surface area contributed by atoms with Crippen LogP contribution in [-0.2, 0) is 4.79 Å². The van der Waals surface area contributed by atoms with Gasteiger partial charge in [0.25, 0.3) is 0 Å². The average molecular weight is 236 g/mol. The van der Waals surface area contributed by atoms with Crippen LogP contribution in [-0.4, -0.2) is 24.8 Å². The van der Waals surface area contributed by atoms with Crippen molar-refractivity contribution in [1.29, 1.82) is 0 Å². The van der Waals surface area contributed by atoms with Crippen molar-refractivity contribution in [3.8, 4) is 11.5 Å². The van der Waals surface area contributed by atoms with E-state index >= 15 is 0 Å². The summed E-state index contributed by atoms with van der Waals surface area (Å²) in [5.41, 5.74) is 0.943. The van der Waals surface area contributed by atoms with E-state index in [0.717, 1.165) is 5.56 Å². The molecule has 1 fully saturated rings. The SMILES string of the molecule is CCOc1c(OC)cccc1C1CC1C(=O)O. The second-order valence-corrected chi connectivity index (χ2v) is 4.10. The van der Waals surface area contributed by atoms with Crippen molar-refractivity contribution >= 4 is 5.97 Å². The minimum absolute atomic E-state index is 0.0594. The number of rotatable bonds is 5. The Hall–Kier alpha value is -1.71. The summed E-state index contributed by atoms with van der Waals surface area (Å²) in [5, 5.41) is 8.96. The van der Waals surface area contributed by atoms with Crippen LogP contribution >= 0.6 is 0 Å². The second-order valence-electron chi connectivity index (χ2n) is 4.10. The second kappa shape index (κ2) is 4.65. The van der Waals surface area contributed by atoms with E-state index in [2.05, 4.69) is 0 Å². The first kappa shape index (κ1) is 11.8. The largest absolute Gasteiger partial charge is 0.493 e. The molecule has 0 radical (unpaired) electrons. The van der Waals surface area contributed by atoms with Gasteiger partial charge in [0.2, 0.25) is 0 Å². The smallest absolute Gasteiger partial charge is 0.307 e. The fourth-order valence-corrected chi connectivity index (χ4v) is 2.10. The molecule has 17 heavy (non-hydrogen) atoms. The third-order valence-electron chi connectivity index (χ3n) is 3.03. The lowest BCUT2D eigenvalue weighted by Crippen LogP contribution is -2.02. The number of methoxy groups -OCH3 is 1. The molecule has 1 saturated carbocycles. The Kier molecular flexibility index (Phi) is 3.22. The molecule has 4 heteroatoms. The molecule has 0 heterocycles. The van der Waals surface area contributed by atoms with Gasteiger partial charge in [0, 0.05) is 11.5 Å². The molecule has 0 bridgehead atoms. The van der Waals surface area contributed by atoms with Gasteiger partial charge in [-0.15, -0.1) is 0 Å². The summed E-state index contributed by atoms with van der Waals surface area (Å²) < 4.78 is 10.8. The third kappa shape index (κ3) is 2.20. The molecule has 0 aliphatic heterocycles. The highest BCUT2D eigenvalue weighted by molar-refractivity contribution is 5.76. The number of aliphatic carboxylic acids is 1. The molecular weight excluding hydrogens is 220 g/mol. The molecule has 0 spiro atoms. The molecule has 2 atom stereocenters. The zero-order valence-corrected chi connectivity index (χ0v) is 9.97. The van der Waals surface area contributed by atoms with Crippen molar-refractivity contribution in [2.75, 3.05) is 13.7 Å². The van der Waals surface area contributed by atoms with Crippen LogP contribution in [0.1, 0.15) is 24.8 Å². The van der Waals surface area contributed by atoms with Crippen molar-refractivity contribution < 1.29 is 19.4 Å². The Morgan fingerprint density at radius 3 is 2.82 bits per heavy atom. The van der Waals surface area contributed by atoms with Crippen molar-refractivity contribution in [2.45, 2.75) is 19.3 Å². The van der Waals surface area contributed by atoms with Crippen LogP contribution in [0.4, 0.5) is 0 Å². The van der Waals surface area contributed by atoms with Gasteiger partial charge in [0.15, 0.2) is 11.5 Å². The van der Waals surface area contributed by atoms with Gasteiger partial charge < -0.3 is 14.6 Å². The Bertz CT molecular complexity index is 427. The normalized spacial score (nSPS) is 22.0. The van der Waals surface area contributed by atoms with Crippen LogP contribution in [0.25, 0.3) is 0 Å². The first-order valence-corrected chi connectivity index (χ1v) is 5.71.